The number of pyridine rings is 1. The summed E-state index contributed by atoms with van der Waals surface area (Å²) in [6.45, 7) is 6.25. The Hall–Kier alpha value is -3.59. The van der Waals surface area contributed by atoms with Crippen LogP contribution in [0.2, 0.25) is 0 Å². The van der Waals surface area contributed by atoms with Crippen LogP contribution in [-0.2, 0) is 4.74 Å². The molecule has 8 nitrogen and oxygen atoms in total. The summed E-state index contributed by atoms with van der Waals surface area (Å²) in [7, 11) is 3.64. The number of hydrogen-bond acceptors (Lipinski definition) is 7. The molecule has 2 N–H and O–H groups in total. The van der Waals surface area contributed by atoms with Gasteiger partial charge in [0, 0.05) is 49.1 Å². The molecular formula is C27H31N5O3. The van der Waals surface area contributed by atoms with E-state index in [4.69, 9.17) is 9.47 Å². The molecule has 3 heterocycles. The third-order valence-electron chi connectivity index (χ3n) is 5.90. The Morgan fingerprint density at radius 3 is 2.43 bits per heavy atom. The van der Waals surface area contributed by atoms with Crippen LogP contribution in [0.4, 0.5) is 0 Å². The van der Waals surface area contributed by atoms with Gasteiger partial charge in [-0.25, -0.2) is 9.97 Å². The van der Waals surface area contributed by atoms with Gasteiger partial charge in [0.2, 0.25) is 0 Å². The van der Waals surface area contributed by atoms with Crippen LogP contribution < -0.4 is 10.1 Å². The second-order valence-corrected chi connectivity index (χ2v) is 8.17. The van der Waals surface area contributed by atoms with Crippen molar-refractivity contribution in [3.05, 3.63) is 66.4 Å². The van der Waals surface area contributed by atoms with Gasteiger partial charge in [0.15, 0.2) is 5.65 Å². The molecule has 0 spiro atoms. The number of likely N-dealkylation sites (N-methyl/N-ethyl adjacent to an activating group) is 1. The van der Waals surface area contributed by atoms with Gasteiger partial charge >= 0.3 is 0 Å². The van der Waals surface area contributed by atoms with Gasteiger partial charge in [-0.15, -0.1) is 0 Å². The number of aromatic amines is 1. The standard InChI is InChI=1S/C20H15N3O2.C7H16N2O/c1-25-16-8-6-14(7-9-16)17-10-11-21-20-18(17)22-19(23-20)15-4-2-13(12-24)3-5-15;1-8-2-3-9-4-6-10-7-5-9/h2-12H,1H3,(H,21,22,23);8H,2-7H2,1H3. The summed E-state index contributed by atoms with van der Waals surface area (Å²) in [5, 5.41) is 3.13. The molecule has 182 valence electrons. The quantitative estimate of drug-likeness (QED) is 0.396. The number of fused-ring (bicyclic) bond motifs is 1. The molecule has 1 saturated heterocycles. The third-order valence-corrected chi connectivity index (χ3v) is 5.90. The molecule has 4 aromatic rings. The zero-order valence-electron chi connectivity index (χ0n) is 20.2. The number of carbonyl (C=O) groups is 1. The SMILES string of the molecule is CNCCN1CCOCC1.COc1ccc(-c2ccnc3nc(-c4ccc(C=O)cc4)[nH]c23)cc1. The van der Waals surface area contributed by atoms with E-state index in [1.165, 1.54) is 0 Å². The van der Waals surface area contributed by atoms with Crippen molar-refractivity contribution in [2.24, 2.45) is 0 Å². The van der Waals surface area contributed by atoms with E-state index in [-0.39, 0.29) is 0 Å². The molecular weight excluding hydrogens is 442 g/mol. The lowest BCUT2D eigenvalue weighted by atomic mass is 10.1. The van der Waals surface area contributed by atoms with Crippen molar-refractivity contribution >= 4 is 17.5 Å². The van der Waals surface area contributed by atoms with Gasteiger partial charge in [-0.3, -0.25) is 9.69 Å². The molecule has 2 aromatic carbocycles. The monoisotopic (exact) mass is 473 g/mol. The van der Waals surface area contributed by atoms with Gasteiger partial charge in [-0.2, -0.15) is 0 Å². The number of morpholine rings is 1. The number of aldehydes is 1. The van der Waals surface area contributed by atoms with Crippen LogP contribution in [0.5, 0.6) is 5.75 Å². The van der Waals surface area contributed by atoms with Crippen molar-refractivity contribution in [3.8, 4) is 28.3 Å². The lowest BCUT2D eigenvalue weighted by Crippen LogP contribution is -2.39. The molecule has 2 aromatic heterocycles. The van der Waals surface area contributed by atoms with E-state index < -0.39 is 0 Å². The predicted octanol–water partition coefficient (Wildman–Crippen LogP) is 3.65. The van der Waals surface area contributed by atoms with E-state index in [9.17, 15) is 4.79 Å². The van der Waals surface area contributed by atoms with E-state index in [1.807, 2.05) is 49.5 Å². The minimum Gasteiger partial charge on any atom is -0.497 e. The molecule has 0 radical (unpaired) electrons. The van der Waals surface area contributed by atoms with E-state index in [0.29, 0.717) is 11.2 Å². The van der Waals surface area contributed by atoms with E-state index >= 15 is 0 Å². The number of methoxy groups -OCH3 is 1. The van der Waals surface area contributed by atoms with Crippen LogP contribution in [0.1, 0.15) is 10.4 Å². The highest BCUT2D eigenvalue weighted by atomic mass is 16.5. The molecule has 0 atom stereocenters. The normalized spacial score (nSPS) is 13.8. The van der Waals surface area contributed by atoms with Crippen molar-refractivity contribution in [2.45, 2.75) is 0 Å². The fraction of sp³-hybridized carbons (Fsp3) is 0.296. The second-order valence-electron chi connectivity index (χ2n) is 8.17. The number of nitrogens with zero attached hydrogens (tertiary/aromatic N) is 3. The zero-order valence-corrected chi connectivity index (χ0v) is 20.2. The molecule has 0 amide bonds. The largest absolute Gasteiger partial charge is 0.497 e. The second kappa shape index (κ2) is 12.2. The summed E-state index contributed by atoms with van der Waals surface area (Å²) in [4.78, 5) is 25.5. The molecule has 8 heteroatoms. The molecule has 0 saturated carbocycles. The van der Waals surface area contributed by atoms with Gasteiger partial charge in [0.05, 0.1) is 25.8 Å². The Morgan fingerprint density at radius 2 is 1.77 bits per heavy atom. The minimum atomic E-state index is 0.636. The van der Waals surface area contributed by atoms with Crippen molar-refractivity contribution in [1.82, 2.24) is 25.2 Å². The number of imidazole rings is 1. The molecule has 0 aliphatic carbocycles. The van der Waals surface area contributed by atoms with Crippen LogP contribution in [0.3, 0.4) is 0 Å². The Bertz CT molecular complexity index is 1220. The van der Waals surface area contributed by atoms with Gasteiger partial charge in [0.25, 0.3) is 0 Å². The first-order chi connectivity index (χ1) is 17.2. The molecule has 35 heavy (non-hydrogen) atoms. The minimum absolute atomic E-state index is 0.636. The number of hydrogen-bond donors (Lipinski definition) is 2. The maximum atomic E-state index is 10.8. The highest BCUT2D eigenvalue weighted by molar-refractivity contribution is 5.91. The summed E-state index contributed by atoms with van der Waals surface area (Å²) in [6.07, 6.45) is 2.58. The number of nitrogens with one attached hydrogen (secondary N) is 2. The highest BCUT2D eigenvalue weighted by Gasteiger charge is 2.11. The Morgan fingerprint density at radius 1 is 1.06 bits per heavy atom. The molecule has 1 fully saturated rings. The van der Waals surface area contributed by atoms with Crippen LogP contribution in [-0.4, -0.2) is 79.7 Å². The van der Waals surface area contributed by atoms with E-state index in [0.717, 1.165) is 79.5 Å². The molecule has 5 rings (SSSR count). The lowest BCUT2D eigenvalue weighted by molar-refractivity contribution is 0.0386. The maximum Gasteiger partial charge on any atom is 0.178 e. The van der Waals surface area contributed by atoms with Crippen molar-refractivity contribution in [3.63, 3.8) is 0 Å². The van der Waals surface area contributed by atoms with E-state index in [1.54, 1.807) is 25.4 Å². The maximum absolute atomic E-state index is 10.8. The van der Waals surface area contributed by atoms with Gasteiger partial charge in [-0.1, -0.05) is 36.4 Å². The zero-order chi connectivity index (χ0) is 24.5. The molecule has 0 bridgehead atoms. The van der Waals surface area contributed by atoms with Crippen LogP contribution in [0.15, 0.2) is 60.8 Å². The summed E-state index contributed by atoms with van der Waals surface area (Å²) in [6, 6.07) is 17.1. The Balaban J connectivity index is 0.000000243. The fourth-order valence-electron chi connectivity index (χ4n) is 3.87. The average Bonchev–Trinajstić information content (AvgIpc) is 3.38. The van der Waals surface area contributed by atoms with Crippen molar-refractivity contribution in [2.75, 3.05) is 53.6 Å². The van der Waals surface area contributed by atoms with Crippen LogP contribution in [0.25, 0.3) is 33.7 Å². The van der Waals surface area contributed by atoms with Gasteiger partial charge in [0.1, 0.15) is 17.9 Å². The van der Waals surface area contributed by atoms with Crippen molar-refractivity contribution in [1.29, 1.82) is 0 Å². The van der Waals surface area contributed by atoms with Crippen LogP contribution >= 0.6 is 0 Å². The average molecular weight is 474 g/mol. The van der Waals surface area contributed by atoms with E-state index in [2.05, 4.69) is 25.2 Å². The Labute approximate surface area is 205 Å². The predicted molar refractivity (Wildman–Crippen MR) is 138 cm³/mol. The fourth-order valence-corrected chi connectivity index (χ4v) is 3.87. The highest BCUT2D eigenvalue weighted by Crippen LogP contribution is 2.29. The number of aromatic nitrogens is 3. The molecule has 1 aliphatic rings. The first kappa shape index (κ1) is 24.5. The molecule has 1 aliphatic heterocycles. The third kappa shape index (κ3) is 6.30. The topological polar surface area (TPSA) is 92.4 Å². The summed E-state index contributed by atoms with van der Waals surface area (Å²) in [5.41, 5.74) is 5.15. The number of ether oxygens (including phenoxy) is 2. The van der Waals surface area contributed by atoms with Gasteiger partial charge < -0.3 is 19.8 Å². The molecule has 0 unspecified atom stereocenters. The summed E-state index contributed by atoms with van der Waals surface area (Å²) >= 11 is 0. The summed E-state index contributed by atoms with van der Waals surface area (Å²) in [5.74, 6) is 1.54. The first-order valence-electron chi connectivity index (χ1n) is 11.7. The number of H-pyrrole nitrogens is 1. The number of rotatable bonds is 7. The smallest absolute Gasteiger partial charge is 0.178 e. The van der Waals surface area contributed by atoms with Gasteiger partial charge in [-0.05, 0) is 30.8 Å². The summed E-state index contributed by atoms with van der Waals surface area (Å²) < 4.78 is 10.4. The number of carbonyl (C=O) groups excluding carboxylic acids is 1. The Kier molecular flexibility index (Phi) is 8.56. The van der Waals surface area contributed by atoms with Crippen LogP contribution in [0, 0.1) is 0 Å². The van der Waals surface area contributed by atoms with Crippen molar-refractivity contribution < 1.29 is 14.3 Å². The first-order valence-corrected chi connectivity index (χ1v) is 11.7. The number of benzene rings is 2. The lowest BCUT2D eigenvalue weighted by Gasteiger charge is -2.26.